The number of halogens is 3. The number of benzene rings is 2. The van der Waals surface area contributed by atoms with Gasteiger partial charge in [-0.2, -0.15) is 5.10 Å². The van der Waals surface area contributed by atoms with Crippen molar-refractivity contribution in [2.45, 2.75) is 0 Å². The van der Waals surface area contributed by atoms with Gasteiger partial charge in [0.05, 0.1) is 23.2 Å². The maximum Gasteiger partial charge on any atom is 0.211 e. The molecule has 4 aromatic rings. The first-order chi connectivity index (χ1) is 13.6. The van der Waals surface area contributed by atoms with Crippen molar-refractivity contribution in [2.75, 3.05) is 0 Å². The lowest BCUT2D eigenvalue weighted by Crippen LogP contribution is -2.11. The Balaban J connectivity index is 1.91. The number of rotatable bonds is 4. The van der Waals surface area contributed by atoms with E-state index in [1.165, 1.54) is 17.4 Å². The van der Waals surface area contributed by atoms with E-state index in [1.807, 2.05) is 5.38 Å². The van der Waals surface area contributed by atoms with Crippen LogP contribution in [0.15, 0.2) is 80.8 Å². The Hall–Kier alpha value is -2.67. The Morgan fingerprint density at radius 2 is 1.93 bits per heavy atom. The molecule has 4 rings (SSSR count). The van der Waals surface area contributed by atoms with Crippen molar-refractivity contribution in [3.05, 3.63) is 92.7 Å². The maximum absolute atomic E-state index is 14.1. The summed E-state index contributed by atoms with van der Waals surface area (Å²) in [4.78, 5) is 4.90. The number of para-hydroxylation sites is 1. The standard InChI is InChI=1S/C20H12Cl2FN3OS/c21-13-7-8-16(22)15(10-13)19-12-28-20(25-18-6-2-1-5-17(18)23)26(19)24-11-14-4-3-9-27-14/h1-12H. The van der Waals surface area contributed by atoms with E-state index in [-0.39, 0.29) is 5.69 Å². The molecule has 0 aliphatic rings. The van der Waals surface area contributed by atoms with Gasteiger partial charge in [-0.05, 0) is 42.5 Å². The van der Waals surface area contributed by atoms with Gasteiger partial charge in [-0.3, -0.25) is 0 Å². The van der Waals surface area contributed by atoms with E-state index in [4.69, 9.17) is 27.6 Å². The Bertz CT molecular complexity index is 1210. The average Bonchev–Trinajstić information content (AvgIpc) is 3.34. The highest BCUT2D eigenvalue weighted by atomic mass is 35.5. The number of thiazole rings is 1. The van der Waals surface area contributed by atoms with Gasteiger partial charge in [0.2, 0.25) is 4.80 Å². The normalized spacial score (nSPS) is 12.2. The number of hydrogen-bond acceptors (Lipinski definition) is 4. The lowest BCUT2D eigenvalue weighted by Gasteiger charge is -2.06. The van der Waals surface area contributed by atoms with E-state index in [0.717, 1.165) is 0 Å². The third-order valence-electron chi connectivity index (χ3n) is 3.80. The molecular formula is C20H12Cl2FN3OS. The predicted octanol–water partition coefficient (Wildman–Crippen LogP) is 6.37. The van der Waals surface area contributed by atoms with E-state index >= 15 is 0 Å². The fraction of sp³-hybridized carbons (Fsp3) is 0. The zero-order valence-electron chi connectivity index (χ0n) is 14.2. The first-order valence-electron chi connectivity index (χ1n) is 8.15. The van der Waals surface area contributed by atoms with E-state index in [9.17, 15) is 4.39 Å². The van der Waals surface area contributed by atoms with Crippen LogP contribution in [0, 0.1) is 5.82 Å². The molecular weight excluding hydrogens is 420 g/mol. The molecule has 4 nitrogen and oxygen atoms in total. The van der Waals surface area contributed by atoms with Gasteiger partial charge in [0.25, 0.3) is 0 Å². The molecule has 0 saturated heterocycles. The van der Waals surface area contributed by atoms with Gasteiger partial charge in [-0.25, -0.2) is 14.1 Å². The van der Waals surface area contributed by atoms with Crippen LogP contribution in [0.3, 0.4) is 0 Å². The quantitative estimate of drug-likeness (QED) is 0.346. The minimum Gasteiger partial charge on any atom is -0.463 e. The fourth-order valence-corrected chi connectivity index (χ4v) is 3.72. The van der Waals surface area contributed by atoms with Crippen molar-refractivity contribution in [2.24, 2.45) is 10.1 Å². The van der Waals surface area contributed by atoms with Crippen LogP contribution < -0.4 is 4.80 Å². The second-order valence-corrected chi connectivity index (χ2v) is 7.34. The number of furan rings is 1. The molecule has 140 valence electrons. The molecule has 0 amide bonds. The molecule has 8 heteroatoms. The molecule has 0 aliphatic carbocycles. The van der Waals surface area contributed by atoms with Crippen molar-refractivity contribution in [3.8, 4) is 11.3 Å². The zero-order chi connectivity index (χ0) is 19.5. The third kappa shape index (κ3) is 3.94. The van der Waals surface area contributed by atoms with E-state index < -0.39 is 5.82 Å². The van der Waals surface area contributed by atoms with Crippen molar-refractivity contribution in [1.29, 1.82) is 0 Å². The van der Waals surface area contributed by atoms with Gasteiger partial charge in [-0.15, -0.1) is 11.3 Å². The number of aromatic nitrogens is 1. The lowest BCUT2D eigenvalue weighted by atomic mass is 10.2. The van der Waals surface area contributed by atoms with Crippen LogP contribution in [0.2, 0.25) is 10.0 Å². The molecule has 2 aromatic carbocycles. The number of hydrogen-bond donors (Lipinski definition) is 0. The van der Waals surface area contributed by atoms with Gasteiger partial charge in [-0.1, -0.05) is 35.3 Å². The van der Waals surface area contributed by atoms with Gasteiger partial charge in [0, 0.05) is 16.0 Å². The van der Waals surface area contributed by atoms with Crippen molar-refractivity contribution in [3.63, 3.8) is 0 Å². The molecule has 0 N–H and O–H groups in total. The highest BCUT2D eigenvalue weighted by molar-refractivity contribution is 7.07. The maximum atomic E-state index is 14.1. The Kier molecular flexibility index (Phi) is 5.43. The minimum absolute atomic E-state index is 0.218. The monoisotopic (exact) mass is 431 g/mol. The van der Waals surface area contributed by atoms with Crippen LogP contribution >= 0.6 is 34.5 Å². The van der Waals surface area contributed by atoms with Crippen LogP contribution in [0.25, 0.3) is 11.3 Å². The summed E-state index contributed by atoms with van der Waals surface area (Å²) in [5, 5.41) is 7.37. The van der Waals surface area contributed by atoms with Crippen molar-refractivity contribution >= 4 is 46.4 Å². The molecule has 2 heterocycles. The van der Waals surface area contributed by atoms with Crippen molar-refractivity contribution in [1.82, 2.24) is 4.68 Å². The molecule has 0 bridgehead atoms. The van der Waals surface area contributed by atoms with Crippen molar-refractivity contribution < 1.29 is 8.81 Å². The summed E-state index contributed by atoms with van der Waals surface area (Å²) >= 11 is 13.8. The first-order valence-corrected chi connectivity index (χ1v) is 9.78. The topological polar surface area (TPSA) is 42.8 Å². The molecule has 0 aliphatic heterocycles. The Morgan fingerprint density at radius 1 is 1.07 bits per heavy atom. The molecule has 0 saturated carbocycles. The van der Waals surface area contributed by atoms with Crippen LogP contribution in [0.5, 0.6) is 0 Å². The Morgan fingerprint density at radius 3 is 2.71 bits per heavy atom. The molecule has 0 radical (unpaired) electrons. The highest BCUT2D eigenvalue weighted by Crippen LogP contribution is 2.31. The van der Waals surface area contributed by atoms with Crippen LogP contribution in [0.1, 0.15) is 5.76 Å². The summed E-state index contributed by atoms with van der Waals surface area (Å²) in [5.74, 6) is 0.151. The number of nitrogens with zero attached hydrogens (tertiary/aromatic N) is 3. The highest BCUT2D eigenvalue weighted by Gasteiger charge is 2.12. The fourth-order valence-electron chi connectivity index (χ4n) is 2.49. The van der Waals surface area contributed by atoms with Gasteiger partial charge < -0.3 is 4.42 Å². The second-order valence-electron chi connectivity index (χ2n) is 5.66. The largest absolute Gasteiger partial charge is 0.463 e. The van der Waals surface area contributed by atoms with Gasteiger partial charge in [0.1, 0.15) is 17.3 Å². The van der Waals surface area contributed by atoms with Gasteiger partial charge >= 0.3 is 0 Å². The van der Waals surface area contributed by atoms with Crippen LogP contribution in [-0.4, -0.2) is 10.9 Å². The summed E-state index contributed by atoms with van der Waals surface area (Å²) in [6, 6.07) is 15.0. The zero-order valence-corrected chi connectivity index (χ0v) is 16.5. The molecule has 0 unspecified atom stereocenters. The molecule has 0 spiro atoms. The smallest absolute Gasteiger partial charge is 0.211 e. The second kappa shape index (κ2) is 8.14. The SMILES string of the molecule is Fc1ccccc1N=c1scc(-c2cc(Cl)ccc2Cl)n1N=Cc1ccco1. The van der Waals surface area contributed by atoms with E-state index in [2.05, 4.69) is 10.1 Å². The van der Waals surface area contributed by atoms with Gasteiger partial charge in [0.15, 0.2) is 0 Å². The summed E-state index contributed by atoms with van der Waals surface area (Å²) in [6.45, 7) is 0. The first kappa shape index (κ1) is 18.7. The average molecular weight is 432 g/mol. The molecule has 28 heavy (non-hydrogen) atoms. The van der Waals surface area contributed by atoms with E-state index in [1.54, 1.807) is 65.7 Å². The minimum atomic E-state index is -0.417. The van der Waals surface area contributed by atoms with Crippen LogP contribution in [0.4, 0.5) is 10.1 Å². The summed E-state index contributed by atoms with van der Waals surface area (Å²) < 4.78 is 21.0. The van der Waals surface area contributed by atoms with Crippen LogP contribution in [-0.2, 0) is 0 Å². The summed E-state index contributed by atoms with van der Waals surface area (Å²) in [6.07, 6.45) is 3.11. The lowest BCUT2D eigenvalue weighted by molar-refractivity contribution is 0.559. The Labute approximate surface area is 173 Å². The molecule has 0 fully saturated rings. The predicted molar refractivity (Wildman–Crippen MR) is 111 cm³/mol. The molecule has 0 atom stereocenters. The third-order valence-corrected chi connectivity index (χ3v) is 5.18. The van der Waals surface area contributed by atoms with E-state index in [0.29, 0.717) is 31.9 Å². The summed E-state index contributed by atoms with van der Waals surface area (Å²) in [7, 11) is 0. The summed E-state index contributed by atoms with van der Waals surface area (Å²) in [5.41, 5.74) is 1.59. The molecule has 2 aromatic heterocycles.